The third-order valence-electron chi connectivity index (χ3n) is 4.32. The fourth-order valence-corrected chi connectivity index (χ4v) is 3.60. The maximum atomic E-state index is 12.8. The summed E-state index contributed by atoms with van der Waals surface area (Å²) < 4.78 is 12.7. The van der Waals surface area contributed by atoms with Gasteiger partial charge in [-0.3, -0.25) is 4.79 Å². The average molecular weight is 370 g/mol. The number of hydrogen-bond donors (Lipinski definition) is 1. The molecule has 2 heterocycles. The van der Waals surface area contributed by atoms with Crippen LogP contribution in [0.2, 0.25) is 0 Å². The van der Waals surface area contributed by atoms with E-state index in [-0.39, 0.29) is 5.91 Å². The van der Waals surface area contributed by atoms with Gasteiger partial charge in [0.05, 0.1) is 26.3 Å². The van der Waals surface area contributed by atoms with Crippen LogP contribution >= 0.6 is 11.3 Å². The van der Waals surface area contributed by atoms with Crippen LogP contribution in [0.15, 0.2) is 41.8 Å². The Bertz CT molecular complexity index is 891. The number of ether oxygens (including phenoxy) is 2. The van der Waals surface area contributed by atoms with Crippen molar-refractivity contribution in [3.05, 3.63) is 63.6 Å². The minimum absolute atomic E-state index is 0.147. The molecule has 136 valence electrons. The topological polar surface area (TPSA) is 52.5 Å². The van der Waals surface area contributed by atoms with Gasteiger partial charge in [-0.15, -0.1) is 11.3 Å². The molecule has 5 nitrogen and oxygen atoms in total. The number of nitrogens with zero attached hydrogens (tertiary/aromatic N) is 1. The molecule has 0 atom stereocenters. The van der Waals surface area contributed by atoms with Gasteiger partial charge < -0.3 is 19.4 Å². The number of carbonyl (C=O) groups is 1. The highest BCUT2D eigenvalue weighted by Crippen LogP contribution is 2.27. The summed E-state index contributed by atoms with van der Waals surface area (Å²) in [5, 5.41) is 5.00. The van der Waals surface area contributed by atoms with Crippen LogP contribution in [-0.4, -0.2) is 24.7 Å². The molecule has 0 fully saturated rings. The maximum absolute atomic E-state index is 12.8. The van der Waals surface area contributed by atoms with E-state index in [4.69, 9.17) is 9.47 Å². The number of amides is 1. The van der Waals surface area contributed by atoms with Crippen molar-refractivity contribution in [3.8, 4) is 11.5 Å². The summed E-state index contributed by atoms with van der Waals surface area (Å²) >= 11 is 1.71. The van der Waals surface area contributed by atoms with Crippen LogP contribution in [0.25, 0.3) is 0 Å². The van der Waals surface area contributed by atoms with Crippen molar-refractivity contribution in [1.82, 2.24) is 4.57 Å². The fourth-order valence-electron chi connectivity index (χ4n) is 2.91. The number of hydrogen-bond acceptors (Lipinski definition) is 4. The molecule has 0 bridgehead atoms. The number of aryl methyl sites for hydroxylation is 1. The Kier molecular flexibility index (Phi) is 5.32. The molecule has 0 aliphatic carbocycles. The third-order valence-corrected chi connectivity index (χ3v) is 5.18. The molecule has 0 saturated heterocycles. The predicted octanol–water partition coefficient (Wildman–Crippen LogP) is 4.48. The van der Waals surface area contributed by atoms with E-state index in [1.54, 1.807) is 43.8 Å². The van der Waals surface area contributed by atoms with Gasteiger partial charge in [0.2, 0.25) is 0 Å². The smallest absolute Gasteiger partial charge is 0.257 e. The molecule has 0 aliphatic heterocycles. The van der Waals surface area contributed by atoms with Crippen molar-refractivity contribution in [2.24, 2.45) is 0 Å². The Hall–Kier alpha value is -2.73. The first-order chi connectivity index (χ1) is 12.5. The average Bonchev–Trinajstić information content (AvgIpc) is 3.25. The first kappa shape index (κ1) is 18.1. The van der Waals surface area contributed by atoms with Gasteiger partial charge in [0, 0.05) is 40.2 Å². The predicted molar refractivity (Wildman–Crippen MR) is 105 cm³/mol. The molecule has 1 aromatic carbocycles. The highest BCUT2D eigenvalue weighted by atomic mass is 32.1. The van der Waals surface area contributed by atoms with Crippen molar-refractivity contribution >= 4 is 22.9 Å². The first-order valence-corrected chi connectivity index (χ1v) is 9.13. The molecule has 6 heteroatoms. The van der Waals surface area contributed by atoms with Gasteiger partial charge in [-0.1, -0.05) is 6.07 Å². The lowest BCUT2D eigenvalue weighted by Gasteiger charge is -2.11. The number of aromatic nitrogens is 1. The fraction of sp³-hybridized carbons (Fsp3) is 0.250. The maximum Gasteiger partial charge on any atom is 0.257 e. The molecular weight excluding hydrogens is 348 g/mol. The SMILES string of the molecule is COc1cc(NC(=O)c2cc(C)n(Cc3cccs3)c2C)cc(OC)c1. The summed E-state index contributed by atoms with van der Waals surface area (Å²) in [6, 6.07) is 11.4. The minimum Gasteiger partial charge on any atom is -0.497 e. The van der Waals surface area contributed by atoms with Crippen LogP contribution in [0.5, 0.6) is 11.5 Å². The van der Waals surface area contributed by atoms with Crippen LogP contribution in [0.1, 0.15) is 26.6 Å². The summed E-state index contributed by atoms with van der Waals surface area (Å²) in [5.74, 6) is 1.11. The zero-order valence-corrected chi connectivity index (χ0v) is 16.1. The molecule has 3 rings (SSSR count). The second-order valence-corrected chi connectivity index (χ2v) is 7.04. The van der Waals surface area contributed by atoms with Gasteiger partial charge in [0.1, 0.15) is 11.5 Å². The number of thiophene rings is 1. The lowest BCUT2D eigenvalue weighted by atomic mass is 10.2. The van der Waals surface area contributed by atoms with Crippen molar-refractivity contribution in [1.29, 1.82) is 0 Å². The normalized spacial score (nSPS) is 10.6. The quantitative estimate of drug-likeness (QED) is 0.696. The highest BCUT2D eigenvalue weighted by molar-refractivity contribution is 7.09. The van der Waals surface area contributed by atoms with Crippen LogP contribution in [0.3, 0.4) is 0 Å². The molecule has 26 heavy (non-hydrogen) atoms. The Balaban J connectivity index is 1.84. The standard InChI is InChI=1S/C20H22N2O3S/c1-13-8-19(14(2)22(13)12-18-6-5-7-26-18)20(23)21-15-9-16(24-3)11-17(10-15)25-4/h5-11H,12H2,1-4H3,(H,21,23). The Morgan fingerprint density at radius 1 is 1.12 bits per heavy atom. The molecular formula is C20H22N2O3S. The second-order valence-electron chi connectivity index (χ2n) is 6.01. The Labute approximate surface area is 157 Å². The van der Waals surface area contributed by atoms with Crippen molar-refractivity contribution in [3.63, 3.8) is 0 Å². The van der Waals surface area contributed by atoms with E-state index in [9.17, 15) is 4.79 Å². The van der Waals surface area contributed by atoms with E-state index in [1.165, 1.54) is 4.88 Å². The van der Waals surface area contributed by atoms with E-state index >= 15 is 0 Å². The second kappa shape index (κ2) is 7.66. The number of benzene rings is 1. The monoisotopic (exact) mass is 370 g/mol. The number of carbonyl (C=O) groups excluding carboxylic acids is 1. The molecule has 2 aromatic heterocycles. The number of methoxy groups -OCH3 is 2. The lowest BCUT2D eigenvalue weighted by molar-refractivity contribution is 0.102. The van der Waals surface area contributed by atoms with E-state index in [0.29, 0.717) is 22.7 Å². The summed E-state index contributed by atoms with van der Waals surface area (Å²) in [5.41, 5.74) is 3.31. The van der Waals surface area contributed by atoms with Gasteiger partial charge >= 0.3 is 0 Å². The van der Waals surface area contributed by atoms with Gasteiger partial charge in [0.15, 0.2) is 0 Å². The molecule has 3 aromatic rings. The summed E-state index contributed by atoms with van der Waals surface area (Å²) in [6.45, 7) is 4.77. The number of rotatable bonds is 6. The first-order valence-electron chi connectivity index (χ1n) is 8.25. The van der Waals surface area contributed by atoms with Crippen molar-refractivity contribution in [2.45, 2.75) is 20.4 Å². The minimum atomic E-state index is -0.147. The van der Waals surface area contributed by atoms with Gasteiger partial charge in [0.25, 0.3) is 5.91 Å². The summed E-state index contributed by atoms with van der Waals surface area (Å²) in [6.07, 6.45) is 0. The van der Waals surface area contributed by atoms with Gasteiger partial charge in [-0.2, -0.15) is 0 Å². The van der Waals surface area contributed by atoms with Gasteiger partial charge in [-0.25, -0.2) is 0 Å². The zero-order valence-electron chi connectivity index (χ0n) is 15.3. The third kappa shape index (κ3) is 3.75. The highest BCUT2D eigenvalue weighted by Gasteiger charge is 2.17. The van der Waals surface area contributed by atoms with E-state index in [1.807, 2.05) is 26.0 Å². The van der Waals surface area contributed by atoms with E-state index in [0.717, 1.165) is 17.9 Å². The molecule has 1 N–H and O–H groups in total. The Morgan fingerprint density at radius 2 is 1.81 bits per heavy atom. The molecule has 0 radical (unpaired) electrons. The van der Waals surface area contributed by atoms with Crippen molar-refractivity contribution < 1.29 is 14.3 Å². The molecule has 1 amide bonds. The van der Waals surface area contributed by atoms with Gasteiger partial charge in [-0.05, 0) is 31.4 Å². The number of anilines is 1. The Morgan fingerprint density at radius 3 is 2.38 bits per heavy atom. The molecule has 0 saturated carbocycles. The summed E-state index contributed by atoms with van der Waals surface area (Å²) in [7, 11) is 3.16. The largest absolute Gasteiger partial charge is 0.497 e. The number of nitrogens with one attached hydrogen (secondary N) is 1. The van der Waals surface area contributed by atoms with Crippen LogP contribution in [-0.2, 0) is 6.54 Å². The molecule has 0 unspecified atom stereocenters. The van der Waals surface area contributed by atoms with Crippen LogP contribution in [0, 0.1) is 13.8 Å². The van der Waals surface area contributed by atoms with E-state index in [2.05, 4.69) is 21.3 Å². The van der Waals surface area contributed by atoms with Crippen LogP contribution < -0.4 is 14.8 Å². The lowest BCUT2D eigenvalue weighted by Crippen LogP contribution is -2.13. The zero-order chi connectivity index (χ0) is 18.7. The van der Waals surface area contributed by atoms with Crippen LogP contribution in [0.4, 0.5) is 5.69 Å². The van der Waals surface area contributed by atoms with Crippen molar-refractivity contribution in [2.75, 3.05) is 19.5 Å². The molecule has 0 spiro atoms. The summed E-state index contributed by atoms with van der Waals surface area (Å²) in [4.78, 5) is 14.1. The van der Waals surface area contributed by atoms with E-state index < -0.39 is 0 Å². The molecule has 0 aliphatic rings.